The van der Waals surface area contributed by atoms with Crippen LogP contribution < -0.4 is 5.32 Å². The molecule has 0 amide bonds. The fraction of sp³-hybridized carbons (Fsp3) is 1.00. The van der Waals surface area contributed by atoms with Crippen LogP contribution in [0, 0.1) is 5.92 Å². The highest BCUT2D eigenvalue weighted by Crippen LogP contribution is 2.25. The van der Waals surface area contributed by atoms with Crippen LogP contribution in [0.3, 0.4) is 0 Å². The van der Waals surface area contributed by atoms with Crippen LogP contribution in [-0.4, -0.2) is 36.1 Å². The largest absolute Gasteiger partial charge is 0.308 e. The maximum atomic E-state index is 3.79. The van der Waals surface area contributed by atoms with Gasteiger partial charge in [0.1, 0.15) is 0 Å². The Bertz CT molecular complexity index is 185. The Labute approximate surface area is 95.4 Å². The molecule has 1 rings (SSSR count). The molecule has 1 heterocycles. The maximum absolute atomic E-state index is 3.79. The van der Waals surface area contributed by atoms with Gasteiger partial charge in [-0.05, 0) is 25.3 Å². The monoisotopic (exact) mass is 212 g/mol. The molecule has 0 aromatic carbocycles. The Morgan fingerprint density at radius 3 is 2.27 bits per heavy atom. The van der Waals surface area contributed by atoms with Crippen molar-refractivity contribution in [1.29, 1.82) is 0 Å². The molecular weight excluding hydrogens is 184 g/mol. The Hall–Kier alpha value is -0.0800. The fourth-order valence-corrected chi connectivity index (χ4v) is 2.74. The first-order chi connectivity index (χ1) is 7.08. The van der Waals surface area contributed by atoms with E-state index in [9.17, 15) is 0 Å². The molecule has 1 aliphatic heterocycles. The van der Waals surface area contributed by atoms with Crippen molar-refractivity contribution in [3.8, 4) is 0 Å². The third-order valence-electron chi connectivity index (χ3n) is 4.19. The van der Waals surface area contributed by atoms with Gasteiger partial charge in [-0.3, -0.25) is 4.90 Å². The van der Waals surface area contributed by atoms with Crippen molar-refractivity contribution in [2.75, 3.05) is 19.6 Å². The zero-order chi connectivity index (χ0) is 11.5. The van der Waals surface area contributed by atoms with E-state index in [1.807, 2.05) is 0 Å². The molecule has 0 aromatic heterocycles. The summed E-state index contributed by atoms with van der Waals surface area (Å²) in [6, 6.07) is 0.723. The van der Waals surface area contributed by atoms with Crippen molar-refractivity contribution in [1.82, 2.24) is 10.2 Å². The molecule has 0 radical (unpaired) electrons. The Kier molecular flexibility index (Phi) is 4.60. The molecule has 0 aliphatic carbocycles. The predicted molar refractivity (Wildman–Crippen MR) is 67.2 cm³/mol. The van der Waals surface area contributed by atoms with Gasteiger partial charge in [-0.15, -0.1) is 0 Å². The van der Waals surface area contributed by atoms with E-state index in [1.165, 1.54) is 25.9 Å². The third-order valence-corrected chi connectivity index (χ3v) is 4.19. The highest BCUT2D eigenvalue weighted by Gasteiger charge is 2.36. The standard InChI is InChI=1S/C13H28N2/c1-6-13(7-2)10-15(8-3)12(9-14-13)11(4)5/h11-12,14H,6-10H2,1-5H3. The quantitative estimate of drug-likeness (QED) is 0.770. The van der Waals surface area contributed by atoms with Gasteiger partial charge in [0, 0.05) is 24.7 Å². The number of likely N-dealkylation sites (N-methyl/N-ethyl adjacent to an activating group) is 1. The van der Waals surface area contributed by atoms with E-state index in [-0.39, 0.29) is 0 Å². The van der Waals surface area contributed by atoms with Crippen molar-refractivity contribution < 1.29 is 0 Å². The lowest BCUT2D eigenvalue weighted by Gasteiger charge is -2.48. The molecule has 1 saturated heterocycles. The van der Waals surface area contributed by atoms with Gasteiger partial charge >= 0.3 is 0 Å². The summed E-state index contributed by atoms with van der Waals surface area (Å²) in [6.07, 6.45) is 2.48. The Morgan fingerprint density at radius 1 is 1.27 bits per heavy atom. The van der Waals surface area contributed by atoms with Gasteiger partial charge in [0.15, 0.2) is 0 Å². The molecule has 90 valence electrons. The summed E-state index contributed by atoms with van der Waals surface area (Å²) in [7, 11) is 0. The first kappa shape index (κ1) is 13.0. The minimum Gasteiger partial charge on any atom is -0.308 e. The van der Waals surface area contributed by atoms with Gasteiger partial charge < -0.3 is 5.32 Å². The molecular formula is C13H28N2. The van der Waals surface area contributed by atoms with Crippen molar-refractivity contribution in [2.45, 2.75) is 59.0 Å². The van der Waals surface area contributed by atoms with Crippen LogP contribution in [0.4, 0.5) is 0 Å². The zero-order valence-corrected chi connectivity index (χ0v) is 11.1. The topological polar surface area (TPSA) is 15.3 Å². The fourth-order valence-electron chi connectivity index (χ4n) is 2.74. The summed E-state index contributed by atoms with van der Waals surface area (Å²) >= 11 is 0. The van der Waals surface area contributed by atoms with Gasteiger partial charge in [-0.25, -0.2) is 0 Å². The van der Waals surface area contributed by atoms with Crippen molar-refractivity contribution in [3.63, 3.8) is 0 Å². The van der Waals surface area contributed by atoms with Crippen LogP contribution in [0.1, 0.15) is 47.5 Å². The predicted octanol–water partition coefficient (Wildman–Crippen LogP) is 2.49. The molecule has 1 fully saturated rings. The van der Waals surface area contributed by atoms with Gasteiger partial charge in [0.25, 0.3) is 0 Å². The SMILES string of the molecule is CCN1CC(CC)(CC)NCC1C(C)C. The Morgan fingerprint density at radius 2 is 1.87 bits per heavy atom. The summed E-state index contributed by atoms with van der Waals surface area (Å²) in [5, 5.41) is 3.79. The molecule has 0 bridgehead atoms. The average molecular weight is 212 g/mol. The van der Waals surface area contributed by atoms with E-state index in [2.05, 4.69) is 44.8 Å². The van der Waals surface area contributed by atoms with Gasteiger partial charge in [0.05, 0.1) is 0 Å². The lowest BCUT2D eigenvalue weighted by atomic mass is 9.86. The number of hydrogen-bond acceptors (Lipinski definition) is 2. The van der Waals surface area contributed by atoms with Gasteiger partial charge in [0.2, 0.25) is 0 Å². The molecule has 1 aliphatic rings. The maximum Gasteiger partial charge on any atom is 0.0304 e. The molecule has 1 N–H and O–H groups in total. The van der Waals surface area contributed by atoms with E-state index >= 15 is 0 Å². The van der Waals surface area contributed by atoms with Gasteiger partial charge in [-0.2, -0.15) is 0 Å². The third kappa shape index (κ3) is 2.73. The summed E-state index contributed by atoms with van der Waals surface area (Å²) in [4.78, 5) is 2.66. The molecule has 0 saturated carbocycles. The number of rotatable bonds is 4. The lowest BCUT2D eigenvalue weighted by molar-refractivity contribution is 0.0550. The molecule has 15 heavy (non-hydrogen) atoms. The second kappa shape index (κ2) is 5.31. The van der Waals surface area contributed by atoms with Crippen molar-refractivity contribution in [2.24, 2.45) is 5.92 Å². The molecule has 0 aromatic rings. The molecule has 2 heteroatoms. The summed E-state index contributed by atoms with van der Waals surface area (Å²) in [6.45, 7) is 15.1. The van der Waals surface area contributed by atoms with E-state index in [1.54, 1.807) is 0 Å². The Balaban J connectivity index is 2.69. The van der Waals surface area contributed by atoms with E-state index in [4.69, 9.17) is 0 Å². The van der Waals surface area contributed by atoms with Crippen LogP contribution in [-0.2, 0) is 0 Å². The number of hydrogen-bond donors (Lipinski definition) is 1. The van der Waals surface area contributed by atoms with Crippen molar-refractivity contribution >= 4 is 0 Å². The van der Waals surface area contributed by atoms with Crippen molar-refractivity contribution in [3.05, 3.63) is 0 Å². The van der Waals surface area contributed by atoms with Crippen LogP contribution in [0.15, 0.2) is 0 Å². The minimum atomic E-state index is 0.376. The number of nitrogens with one attached hydrogen (secondary N) is 1. The summed E-state index contributed by atoms with van der Waals surface area (Å²) in [5.41, 5.74) is 0.376. The summed E-state index contributed by atoms with van der Waals surface area (Å²) < 4.78 is 0. The molecule has 1 unspecified atom stereocenters. The molecule has 2 nitrogen and oxygen atoms in total. The smallest absolute Gasteiger partial charge is 0.0304 e. The highest BCUT2D eigenvalue weighted by molar-refractivity contribution is 4.97. The first-order valence-electron chi connectivity index (χ1n) is 6.57. The second-order valence-corrected chi connectivity index (χ2v) is 5.24. The first-order valence-corrected chi connectivity index (χ1v) is 6.57. The van der Waals surface area contributed by atoms with Gasteiger partial charge in [-0.1, -0.05) is 34.6 Å². The molecule has 1 atom stereocenters. The summed E-state index contributed by atoms with van der Waals surface area (Å²) in [5.74, 6) is 0.754. The minimum absolute atomic E-state index is 0.376. The van der Waals surface area contributed by atoms with E-state index in [0.29, 0.717) is 5.54 Å². The van der Waals surface area contributed by atoms with Crippen LogP contribution >= 0.6 is 0 Å². The number of piperazine rings is 1. The van der Waals surface area contributed by atoms with E-state index in [0.717, 1.165) is 18.5 Å². The molecule has 0 spiro atoms. The van der Waals surface area contributed by atoms with Crippen LogP contribution in [0.2, 0.25) is 0 Å². The highest BCUT2D eigenvalue weighted by atomic mass is 15.3. The van der Waals surface area contributed by atoms with E-state index < -0.39 is 0 Å². The zero-order valence-electron chi connectivity index (χ0n) is 11.1. The normalized spacial score (nSPS) is 27.2. The van der Waals surface area contributed by atoms with Crippen LogP contribution in [0.25, 0.3) is 0 Å². The number of nitrogens with zero attached hydrogens (tertiary/aromatic N) is 1. The lowest BCUT2D eigenvalue weighted by Crippen LogP contribution is -2.64. The van der Waals surface area contributed by atoms with Crippen LogP contribution in [0.5, 0.6) is 0 Å². The average Bonchev–Trinajstić information content (AvgIpc) is 2.27. The second-order valence-electron chi connectivity index (χ2n) is 5.24.